The third kappa shape index (κ3) is 2.78. The van der Waals surface area contributed by atoms with E-state index in [1.165, 1.54) is 17.7 Å². The van der Waals surface area contributed by atoms with Crippen LogP contribution in [0.25, 0.3) is 0 Å². The van der Waals surface area contributed by atoms with Crippen LogP contribution in [0, 0.1) is 39.3 Å². The molecule has 1 unspecified atom stereocenters. The van der Waals surface area contributed by atoms with E-state index in [-0.39, 0.29) is 16.5 Å². The number of hydrogen-bond donors (Lipinski definition) is 0. The van der Waals surface area contributed by atoms with Crippen molar-refractivity contribution in [3.05, 3.63) is 69.3 Å². The van der Waals surface area contributed by atoms with E-state index in [4.69, 9.17) is 0 Å². The topological polar surface area (TPSA) is 0 Å². The van der Waals surface area contributed by atoms with Crippen molar-refractivity contribution in [2.75, 3.05) is 0 Å². The molecule has 0 radical (unpaired) electrons. The summed E-state index contributed by atoms with van der Waals surface area (Å²) in [5.41, 5.74) is 4.97. The molecule has 0 nitrogen and oxygen atoms in total. The Morgan fingerprint density at radius 2 is 1.35 bits per heavy atom. The van der Waals surface area contributed by atoms with E-state index in [0.29, 0.717) is 11.1 Å². The van der Waals surface area contributed by atoms with Crippen molar-refractivity contribution in [1.29, 1.82) is 0 Å². The van der Waals surface area contributed by atoms with Gasteiger partial charge < -0.3 is 0 Å². The molecule has 20 heavy (non-hydrogen) atoms. The summed E-state index contributed by atoms with van der Waals surface area (Å²) < 4.78 is 27.8. The molecule has 0 aromatic heterocycles. The standard InChI is InChI=1S/C17H17BrF2/c1-9-5-11(3)16(12(4)6-9)17(18)13-8-14(19)10(2)7-15(13)20/h5-8,17H,1-4H3. The fourth-order valence-corrected chi connectivity index (χ4v) is 3.68. The normalized spacial score (nSPS) is 12.6. The zero-order chi connectivity index (χ0) is 15.0. The Hall–Kier alpha value is -1.22. The van der Waals surface area contributed by atoms with Crippen molar-refractivity contribution >= 4 is 15.9 Å². The predicted molar refractivity (Wildman–Crippen MR) is 82.5 cm³/mol. The van der Waals surface area contributed by atoms with E-state index in [0.717, 1.165) is 16.7 Å². The second kappa shape index (κ2) is 5.65. The predicted octanol–water partition coefficient (Wildman–Crippen LogP) is 5.68. The lowest BCUT2D eigenvalue weighted by atomic mass is 9.93. The molecule has 2 aromatic rings. The molecule has 0 saturated carbocycles. The summed E-state index contributed by atoms with van der Waals surface area (Å²) in [6.07, 6.45) is 0. The molecule has 106 valence electrons. The number of aryl methyl sites for hydroxylation is 4. The Kier molecular flexibility index (Phi) is 4.28. The first kappa shape index (κ1) is 15.2. The molecule has 0 N–H and O–H groups in total. The average molecular weight is 339 g/mol. The van der Waals surface area contributed by atoms with Gasteiger partial charge in [0.15, 0.2) is 0 Å². The molecule has 0 amide bonds. The van der Waals surface area contributed by atoms with Gasteiger partial charge in [-0.3, -0.25) is 0 Å². The molecule has 3 heteroatoms. The van der Waals surface area contributed by atoms with Crippen LogP contribution in [0.1, 0.15) is 38.2 Å². The minimum Gasteiger partial charge on any atom is -0.207 e. The van der Waals surface area contributed by atoms with Gasteiger partial charge >= 0.3 is 0 Å². The van der Waals surface area contributed by atoms with Crippen molar-refractivity contribution in [3.8, 4) is 0 Å². The van der Waals surface area contributed by atoms with Crippen molar-refractivity contribution in [2.45, 2.75) is 32.5 Å². The first-order valence-corrected chi connectivity index (χ1v) is 7.40. The van der Waals surface area contributed by atoms with Crippen LogP contribution >= 0.6 is 15.9 Å². The van der Waals surface area contributed by atoms with E-state index < -0.39 is 0 Å². The van der Waals surface area contributed by atoms with Crippen LogP contribution < -0.4 is 0 Å². The summed E-state index contributed by atoms with van der Waals surface area (Å²) in [5.74, 6) is -0.765. The van der Waals surface area contributed by atoms with Gasteiger partial charge in [0.1, 0.15) is 11.6 Å². The number of hydrogen-bond acceptors (Lipinski definition) is 0. The fraction of sp³-hybridized carbons (Fsp3) is 0.294. The SMILES string of the molecule is Cc1cc(C)c(C(Br)c2cc(F)c(C)cc2F)c(C)c1. The van der Waals surface area contributed by atoms with Crippen molar-refractivity contribution in [2.24, 2.45) is 0 Å². The van der Waals surface area contributed by atoms with Crippen LogP contribution in [0.15, 0.2) is 24.3 Å². The molecule has 2 aromatic carbocycles. The Morgan fingerprint density at radius 3 is 1.90 bits per heavy atom. The van der Waals surface area contributed by atoms with Crippen LogP contribution in [0.2, 0.25) is 0 Å². The molecule has 1 atom stereocenters. The molecule has 0 aliphatic carbocycles. The molecular formula is C17H17BrF2. The Labute approximate surface area is 127 Å². The highest BCUT2D eigenvalue weighted by atomic mass is 79.9. The number of halogens is 3. The van der Waals surface area contributed by atoms with E-state index >= 15 is 0 Å². The molecule has 0 aliphatic heterocycles. The molecule has 2 rings (SSSR count). The van der Waals surface area contributed by atoms with Crippen molar-refractivity contribution in [3.63, 3.8) is 0 Å². The zero-order valence-electron chi connectivity index (χ0n) is 12.0. The molecule has 0 bridgehead atoms. The van der Waals surface area contributed by atoms with Crippen LogP contribution in [-0.2, 0) is 0 Å². The Morgan fingerprint density at radius 1 is 0.800 bits per heavy atom. The third-order valence-corrected chi connectivity index (χ3v) is 4.49. The summed E-state index contributed by atoms with van der Waals surface area (Å²) in [7, 11) is 0. The lowest BCUT2D eigenvalue weighted by molar-refractivity contribution is 0.581. The average Bonchev–Trinajstić information content (AvgIpc) is 2.32. The van der Waals surface area contributed by atoms with Gasteiger partial charge in [-0.15, -0.1) is 0 Å². The molecular weight excluding hydrogens is 322 g/mol. The Bertz CT molecular complexity index is 639. The van der Waals surface area contributed by atoms with Crippen LogP contribution in [-0.4, -0.2) is 0 Å². The van der Waals surface area contributed by atoms with Gasteiger partial charge in [0.05, 0.1) is 4.83 Å². The van der Waals surface area contributed by atoms with Gasteiger partial charge in [-0.25, -0.2) is 8.78 Å². The van der Waals surface area contributed by atoms with E-state index in [1.54, 1.807) is 6.92 Å². The van der Waals surface area contributed by atoms with Gasteiger partial charge in [0.2, 0.25) is 0 Å². The first-order valence-electron chi connectivity index (χ1n) is 6.48. The second-order valence-electron chi connectivity index (χ2n) is 5.30. The van der Waals surface area contributed by atoms with Crippen LogP contribution in [0.5, 0.6) is 0 Å². The van der Waals surface area contributed by atoms with E-state index in [1.807, 2.05) is 20.8 Å². The lowest BCUT2D eigenvalue weighted by Crippen LogP contribution is -2.03. The molecule has 0 saturated heterocycles. The maximum absolute atomic E-state index is 14.1. The summed E-state index contributed by atoms with van der Waals surface area (Å²) in [5, 5.41) is 0. The number of alkyl halides is 1. The van der Waals surface area contributed by atoms with Crippen molar-refractivity contribution in [1.82, 2.24) is 0 Å². The van der Waals surface area contributed by atoms with Crippen molar-refractivity contribution < 1.29 is 8.78 Å². The van der Waals surface area contributed by atoms with Gasteiger partial charge in [0.25, 0.3) is 0 Å². The quantitative estimate of drug-likeness (QED) is 0.617. The minimum atomic E-state index is -0.384. The summed E-state index contributed by atoms with van der Waals surface area (Å²) in [6, 6.07) is 6.64. The van der Waals surface area contributed by atoms with Gasteiger partial charge in [0, 0.05) is 5.56 Å². The first-order chi connectivity index (χ1) is 9.31. The number of benzene rings is 2. The van der Waals surface area contributed by atoms with Gasteiger partial charge in [-0.2, -0.15) is 0 Å². The maximum Gasteiger partial charge on any atom is 0.128 e. The zero-order valence-corrected chi connectivity index (χ0v) is 13.6. The molecule has 0 aliphatic rings. The summed E-state index contributed by atoms with van der Waals surface area (Å²) in [6.45, 7) is 7.57. The monoisotopic (exact) mass is 338 g/mol. The second-order valence-corrected chi connectivity index (χ2v) is 6.21. The molecule has 0 spiro atoms. The fourth-order valence-electron chi connectivity index (χ4n) is 2.60. The Balaban J connectivity index is 2.57. The maximum atomic E-state index is 14.1. The van der Waals surface area contributed by atoms with E-state index in [2.05, 4.69) is 28.1 Å². The van der Waals surface area contributed by atoms with Gasteiger partial charge in [-0.05, 0) is 62.1 Å². The highest BCUT2D eigenvalue weighted by molar-refractivity contribution is 9.09. The smallest absolute Gasteiger partial charge is 0.128 e. The van der Waals surface area contributed by atoms with Crippen LogP contribution in [0.3, 0.4) is 0 Å². The summed E-state index contributed by atoms with van der Waals surface area (Å²) in [4.78, 5) is -0.349. The summed E-state index contributed by atoms with van der Waals surface area (Å²) >= 11 is 3.52. The lowest BCUT2D eigenvalue weighted by Gasteiger charge is -2.18. The largest absolute Gasteiger partial charge is 0.207 e. The van der Waals surface area contributed by atoms with Crippen LogP contribution in [0.4, 0.5) is 8.78 Å². The highest BCUT2D eigenvalue weighted by Crippen LogP contribution is 2.37. The van der Waals surface area contributed by atoms with Gasteiger partial charge in [-0.1, -0.05) is 33.6 Å². The van der Waals surface area contributed by atoms with E-state index in [9.17, 15) is 8.78 Å². The minimum absolute atomic E-state index is 0.323. The molecule has 0 fully saturated rings. The highest BCUT2D eigenvalue weighted by Gasteiger charge is 2.20. The third-order valence-electron chi connectivity index (χ3n) is 3.54. The molecule has 0 heterocycles. The number of rotatable bonds is 2.